The normalized spacial score (nSPS) is 21.6. The number of rotatable bonds is 5. The Morgan fingerprint density at radius 3 is 2.88 bits per heavy atom. The molecule has 0 aliphatic carbocycles. The van der Waals surface area contributed by atoms with Crippen LogP contribution in [-0.2, 0) is 23.9 Å². The minimum Gasteiger partial charge on any atom is -0.469 e. The summed E-state index contributed by atoms with van der Waals surface area (Å²) < 4.78 is 50.5. The maximum absolute atomic E-state index is 13.4. The molecule has 2 fully saturated rings. The van der Waals surface area contributed by atoms with Crippen LogP contribution in [0.2, 0.25) is 0 Å². The number of nitrogens with one attached hydrogen (secondary N) is 2. The number of nitrogens with zero attached hydrogens (tertiary/aromatic N) is 5. The van der Waals surface area contributed by atoms with Crippen molar-refractivity contribution in [2.75, 3.05) is 43.1 Å². The number of hydrogen-bond donors (Lipinski definition) is 2. The van der Waals surface area contributed by atoms with E-state index in [1.54, 1.807) is 6.33 Å². The van der Waals surface area contributed by atoms with Crippen molar-refractivity contribution in [3.8, 4) is 5.88 Å². The first-order chi connectivity index (χ1) is 15.5. The molecule has 2 aromatic rings. The zero-order chi connectivity index (χ0) is 22.1. The summed E-state index contributed by atoms with van der Waals surface area (Å²) in [6.07, 6.45) is -0.0267. The Balaban J connectivity index is 1.32. The molecule has 0 saturated carbocycles. The largest absolute Gasteiger partial charge is 0.469 e. The Kier molecular flexibility index (Phi) is 5.72. The van der Waals surface area contributed by atoms with Crippen molar-refractivity contribution < 1.29 is 22.6 Å². The van der Waals surface area contributed by atoms with Gasteiger partial charge in [-0.2, -0.15) is 18.2 Å². The number of anilines is 2. The summed E-state index contributed by atoms with van der Waals surface area (Å²) >= 11 is 0. The van der Waals surface area contributed by atoms with Crippen LogP contribution in [0.5, 0.6) is 5.88 Å². The Morgan fingerprint density at radius 2 is 2.09 bits per heavy atom. The van der Waals surface area contributed by atoms with E-state index in [4.69, 9.17) is 9.47 Å². The van der Waals surface area contributed by atoms with Gasteiger partial charge in [0, 0.05) is 37.4 Å². The van der Waals surface area contributed by atoms with E-state index in [1.807, 2.05) is 0 Å². The summed E-state index contributed by atoms with van der Waals surface area (Å²) in [7, 11) is 0. The second-order valence-electron chi connectivity index (χ2n) is 8.17. The van der Waals surface area contributed by atoms with Crippen LogP contribution in [0.15, 0.2) is 12.5 Å². The number of piperidine rings is 1. The molecule has 5 rings (SSSR count). The van der Waals surface area contributed by atoms with Gasteiger partial charge < -0.3 is 25.0 Å². The summed E-state index contributed by atoms with van der Waals surface area (Å²) in [5.41, 5.74) is 1.20. The molecule has 0 aromatic carbocycles. The van der Waals surface area contributed by atoms with E-state index in [2.05, 4.69) is 35.5 Å². The lowest BCUT2D eigenvalue weighted by molar-refractivity contribution is -0.142. The molecule has 12 heteroatoms. The quantitative estimate of drug-likeness (QED) is 0.705. The number of ether oxygens (including phenoxy) is 2. The predicted molar refractivity (Wildman–Crippen MR) is 109 cm³/mol. The van der Waals surface area contributed by atoms with Crippen LogP contribution in [0.25, 0.3) is 0 Å². The minimum absolute atomic E-state index is 0.0345. The van der Waals surface area contributed by atoms with Crippen molar-refractivity contribution in [2.24, 2.45) is 0 Å². The van der Waals surface area contributed by atoms with Gasteiger partial charge in [-0.15, -0.1) is 0 Å². The summed E-state index contributed by atoms with van der Waals surface area (Å²) in [5.74, 6) is 0.590. The molecule has 3 aliphatic rings. The van der Waals surface area contributed by atoms with Gasteiger partial charge in [0.25, 0.3) is 0 Å². The molecular weight excluding hydrogens is 427 g/mol. The van der Waals surface area contributed by atoms with Crippen molar-refractivity contribution in [1.29, 1.82) is 0 Å². The third-order valence-corrected chi connectivity index (χ3v) is 5.86. The van der Waals surface area contributed by atoms with E-state index in [0.29, 0.717) is 6.54 Å². The number of aromatic nitrogens is 4. The second kappa shape index (κ2) is 8.66. The third-order valence-electron chi connectivity index (χ3n) is 5.86. The minimum atomic E-state index is -4.60. The van der Waals surface area contributed by atoms with Crippen molar-refractivity contribution in [3.63, 3.8) is 0 Å². The number of alkyl halides is 3. The first kappa shape index (κ1) is 21.1. The molecular formula is C20H24F3N7O2. The van der Waals surface area contributed by atoms with Gasteiger partial charge in [-0.3, -0.25) is 0 Å². The standard InChI is InChI=1S/C20H24F3N7O2/c21-20(22,23)15-6-25-19(29-18(15)32-13-9-31-10-13)28-12-2-1-5-30(8-12)17-14-3-4-24-7-16(14)26-11-27-17/h6,11-13,24H,1-5,7-10H2,(H,25,28,29)/t12-/m1/s1. The molecule has 0 radical (unpaired) electrons. The highest BCUT2D eigenvalue weighted by Crippen LogP contribution is 2.36. The van der Waals surface area contributed by atoms with E-state index in [9.17, 15) is 13.2 Å². The SMILES string of the molecule is FC(F)(F)c1cnc(N[C@@H]2CCCN(c3ncnc4c3CCNC4)C2)nc1OC1COC1. The molecule has 2 aromatic heterocycles. The van der Waals surface area contributed by atoms with Gasteiger partial charge in [0.1, 0.15) is 23.8 Å². The Bertz CT molecular complexity index is 971. The molecule has 0 spiro atoms. The molecule has 1 atom stereocenters. The van der Waals surface area contributed by atoms with Crippen LogP contribution in [0.1, 0.15) is 29.7 Å². The summed E-state index contributed by atoms with van der Waals surface area (Å²) in [6.45, 7) is 3.62. The van der Waals surface area contributed by atoms with Gasteiger partial charge in [0.2, 0.25) is 11.8 Å². The van der Waals surface area contributed by atoms with Crippen LogP contribution < -0.4 is 20.3 Å². The van der Waals surface area contributed by atoms with Gasteiger partial charge in [-0.05, 0) is 25.8 Å². The molecule has 172 valence electrons. The first-order valence-electron chi connectivity index (χ1n) is 10.7. The predicted octanol–water partition coefficient (Wildman–Crippen LogP) is 1.79. The number of hydrogen-bond acceptors (Lipinski definition) is 9. The highest BCUT2D eigenvalue weighted by molar-refractivity contribution is 5.50. The molecule has 0 bridgehead atoms. The highest BCUT2D eigenvalue weighted by atomic mass is 19.4. The van der Waals surface area contributed by atoms with Crippen molar-refractivity contribution in [3.05, 3.63) is 29.3 Å². The molecule has 0 unspecified atom stereocenters. The molecule has 5 heterocycles. The van der Waals surface area contributed by atoms with Gasteiger partial charge in [0.15, 0.2) is 0 Å². The van der Waals surface area contributed by atoms with Gasteiger partial charge in [0.05, 0.1) is 18.9 Å². The lowest BCUT2D eigenvalue weighted by Crippen LogP contribution is -2.44. The monoisotopic (exact) mass is 451 g/mol. The molecule has 3 aliphatic heterocycles. The molecule has 9 nitrogen and oxygen atoms in total. The van der Waals surface area contributed by atoms with Gasteiger partial charge in [-0.25, -0.2) is 15.0 Å². The van der Waals surface area contributed by atoms with Gasteiger partial charge >= 0.3 is 6.18 Å². The number of fused-ring (bicyclic) bond motifs is 1. The summed E-state index contributed by atoms with van der Waals surface area (Å²) in [5, 5.41) is 6.51. The van der Waals surface area contributed by atoms with Crippen LogP contribution in [0, 0.1) is 0 Å². The van der Waals surface area contributed by atoms with Gasteiger partial charge in [-0.1, -0.05) is 0 Å². The van der Waals surface area contributed by atoms with E-state index in [0.717, 1.165) is 62.2 Å². The fourth-order valence-electron chi connectivity index (χ4n) is 4.17. The highest BCUT2D eigenvalue weighted by Gasteiger charge is 2.38. The average molecular weight is 451 g/mol. The Morgan fingerprint density at radius 1 is 1.22 bits per heavy atom. The van der Waals surface area contributed by atoms with E-state index < -0.39 is 23.7 Å². The number of halogens is 3. The zero-order valence-corrected chi connectivity index (χ0v) is 17.4. The smallest absolute Gasteiger partial charge is 0.423 e. The Labute approximate surface area is 182 Å². The third kappa shape index (κ3) is 4.42. The first-order valence-corrected chi connectivity index (χ1v) is 10.7. The maximum atomic E-state index is 13.4. The van der Waals surface area contributed by atoms with Crippen LogP contribution in [0.4, 0.5) is 24.9 Å². The van der Waals surface area contributed by atoms with Crippen molar-refractivity contribution in [2.45, 2.75) is 44.1 Å². The fraction of sp³-hybridized carbons (Fsp3) is 0.600. The van der Waals surface area contributed by atoms with E-state index in [-0.39, 0.29) is 25.2 Å². The van der Waals surface area contributed by atoms with Crippen LogP contribution in [0.3, 0.4) is 0 Å². The van der Waals surface area contributed by atoms with E-state index in [1.165, 1.54) is 0 Å². The maximum Gasteiger partial charge on any atom is 0.423 e. The molecule has 2 N–H and O–H groups in total. The molecule has 32 heavy (non-hydrogen) atoms. The lowest BCUT2D eigenvalue weighted by atomic mass is 10.0. The molecule has 0 amide bonds. The second-order valence-corrected chi connectivity index (χ2v) is 8.17. The summed E-state index contributed by atoms with van der Waals surface area (Å²) in [6, 6.07) is -0.0345. The van der Waals surface area contributed by atoms with Crippen LogP contribution >= 0.6 is 0 Å². The Hall–Kier alpha value is -2.73. The van der Waals surface area contributed by atoms with Crippen LogP contribution in [-0.4, -0.2) is 64.9 Å². The fourth-order valence-corrected chi connectivity index (χ4v) is 4.17. The average Bonchev–Trinajstić information content (AvgIpc) is 2.75. The van der Waals surface area contributed by atoms with E-state index >= 15 is 0 Å². The summed E-state index contributed by atoms with van der Waals surface area (Å²) in [4.78, 5) is 19.1. The lowest BCUT2D eigenvalue weighted by Gasteiger charge is -2.35. The van der Waals surface area contributed by atoms with Crippen molar-refractivity contribution >= 4 is 11.8 Å². The zero-order valence-electron chi connectivity index (χ0n) is 17.4. The molecule has 2 saturated heterocycles. The van der Waals surface area contributed by atoms with Crippen molar-refractivity contribution in [1.82, 2.24) is 25.3 Å². The topological polar surface area (TPSA) is 97.3 Å².